The normalized spacial score (nSPS) is 16.3. The average molecular weight is 392 g/mol. The van der Waals surface area contributed by atoms with Gasteiger partial charge in [0.25, 0.3) is 0 Å². The van der Waals surface area contributed by atoms with Crippen LogP contribution in [0, 0.1) is 0 Å². The molecule has 0 spiro atoms. The van der Waals surface area contributed by atoms with Gasteiger partial charge in [-0.25, -0.2) is 4.68 Å². The molecule has 4 rings (SSSR count). The molecule has 29 heavy (non-hydrogen) atoms. The van der Waals surface area contributed by atoms with Crippen LogP contribution in [0.2, 0.25) is 0 Å². The molecule has 1 fully saturated rings. The third kappa shape index (κ3) is 4.65. The maximum atomic E-state index is 5.71. The first-order valence-electron chi connectivity index (χ1n) is 10.5. The highest BCUT2D eigenvalue weighted by molar-refractivity contribution is 5.39. The molecule has 1 aliphatic rings. The van der Waals surface area contributed by atoms with Gasteiger partial charge in [-0.1, -0.05) is 61.4 Å². The zero-order valence-electron chi connectivity index (χ0n) is 17.1. The molecule has 2 aromatic carbocycles. The number of hydrogen-bond donors (Lipinski definition) is 0. The largest absolute Gasteiger partial charge is 0.496 e. The van der Waals surface area contributed by atoms with Gasteiger partial charge < -0.3 is 4.74 Å². The molecule has 0 aliphatic carbocycles. The van der Waals surface area contributed by atoms with Crippen LogP contribution in [0.15, 0.2) is 54.6 Å². The number of likely N-dealkylation sites (tertiary alicyclic amines) is 1. The molecule has 0 unspecified atom stereocenters. The van der Waals surface area contributed by atoms with Crippen LogP contribution in [0.4, 0.5) is 0 Å². The molecular formula is C23H29N5O. The maximum absolute atomic E-state index is 5.71. The van der Waals surface area contributed by atoms with Crippen molar-refractivity contribution < 1.29 is 4.74 Å². The van der Waals surface area contributed by atoms with E-state index >= 15 is 0 Å². The summed E-state index contributed by atoms with van der Waals surface area (Å²) in [5.41, 5.74) is 2.42. The summed E-state index contributed by atoms with van der Waals surface area (Å²) in [7, 11) is 1.73. The lowest BCUT2D eigenvalue weighted by Gasteiger charge is -2.31. The zero-order valence-corrected chi connectivity index (χ0v) is 17.1. The Morgan fingerprint density at radius 2 is 1.66 bits per heavy atom. The van der Waals surface area contributed by atoms with E-state index in [0.29, 0.717) is 0 Å². The minimum atomic E-state index is -0.00461. The molecule has 2 heterocycles. The second-order valence-corrected chi connectivity index (χ2v) is 7.59. The fourth-order valence-corrected chi connectivity index (χ4v) is 4.19. The highest BCUT2D eigenvalue weighted by Crippen LogP contribution is 2.34. The molecular weight excluding hydrogens is 362 g/mol. The van der Waals surface area contributed by atoms with Crippen molar-refractivity contribution in [3.8, 4) is 5.75 Å². The first kappa shape index (κ1) is 19.6. The van der Waals surface area contributed by atoms with Gasteiger partial charge in [0.15, 0.2) is 5.82 Å². The van der Waals surface area contributed by atoms with E-state index in [4.69, 9.17) is 4.74 Å². The Bertz CT molecular complexity index is 887. The molecule has 6 nitrogen and oxygen atoms in total. The standard InChI is InChI=1S/C23H29N5O/c1-29-21-14-8-7-13-20(21)22(27-16-9-2-3-10-17-27)23-24-25-26-28(23)18-15-19-11-5-4-6-12-19/h4-8,11-14,22H,2-3,9-10,15-18H2,1H3/t22-/m1/s1. The van der Waals surface area contributed by atoms with Crippen molar-refractivity contribution in [1.29, 1.82) is 0 Å². The number of aromatic nitrogens is 4. The van der Waals surface area contributed by atoms with Crippen molar-refractivity contribution >= 4 is 0 Å². The van der Waals surface area contributed by atoms with Crippen molar-refractivity contribution in [2.45, 2.75) is 44.7 Å². The molecule has 3 aromatic rings. The van der Waals surface area contributed by atoms with Gasteiger partial charge in [-0.2, -0.15) is 0 Å². The topological polar surface area (TPSA) is 56.1 Å². The second-order valence-electron chi connectivity index (χ2n) is 7.59. The number of aryl methyl sites for hydroxylation is 2. The van der Waals surface area contributed by atoms with Crippen LogP contribution in [0.25, 0.3) is 0 Å². The quantitative estimate of drug-likeness (QED) is 0.612. The molecule has 0 saturated carbocycles. The number of methoxy groups -OCH3 is 1. The Kier molecular flexibility index (Phi) is 6.52. The monoisotopic (exact) mass is 391 g/mol. The summed E-state index contributed by atoms with van der Waals surface area (Å²) in [5, 5.41) is 12.9. The highest BCUT2D eigenvalue weighted by atomic mass is 16.5. The van der Waals surface area contributed by atoms with Gasteiger partial charge in [0, 0.05) is 12.1 Å². The fraction of sp³-hybridized carbons (Fsp3) is 0.435. The van der Waals surface area contributed by atoms with E-state index in [0.717, 1.165) is 43.2 Å². The summed E-state index contributed by atoms with van der Waals surface area (Å²) in [6.45, 7) is 2.86. The van der Waals surface area contributed by atoms with Gasteiger partial charge in [0.2, 0.25) is 0 Å². The number of nitrogens with zero attached hydrogens (tertiary/aromatic N) is 5. The van der Waals surface area contributed by atoms with E-state index in [1.54, 1.807) is 7.11 Å². The fourth-order valence-electron chi connectivity index (χ4n) is 4.19. The molecule has 0 bridgehead atoms. The van der Waals surface area contributed by atoms with Crippen LogP contribution in [0.5, 0.6) is 5.75 Å². The maximum Gasteiger partial charge on any atom is 0.173 e. The van der Waals surface area contributed by atoms with E-state index in [1.165, 1.54) is 31.2 Å². The molecule has 0 amide bonds. The predicted octanol–water partition coefficient (Wildman–Crippen LogP) is 3.89. The zero-order chi connectivity index (χ0) is 19.9. The molecule has 1 saturated heterocycles. The number of para-hydroxylation sites is 1. The van der Waals surface area contributed by atoms with Crippen LogP contribution in [0.3, 0.4) is 0 Å². The van der Waals surface area contributed by atoms with Crippen LogP contribution < -0.4 is 4.74 Å². The molecule has 1 aromatic heterocycles. The highest BCUT2D eigenvalue weighted by Gasteiger charge is 2.30. The molecule has 1 aliphatic heterocycles. The smallest absolute Gasteiger partial charge is 0.173 e. The number of rotatable bonds is 7. The molecule has 0 radical (unpaired) electrons. The minimum Gasteiger partial charge on any atom is -0.496 e. The second kappa shape index (κ2) is 9.65. The SMILES string of the molecule is COc1ccccc1[C@H](c1nnnn1CCc1ccccc1)N1CCCCCC1. The van der Waals surface area contributed by atoms with Gasteiger partial charge in [0.1, 0.15) is 11.8 Å². The van der Waals surface area contributed by atoms with E-state index in [9.17, 15) is 0 Å². The van der Waals surface area contributed by atoms with Crippen LogP contribution in [0.1, 0.15) is 48.7 Å². The van der Waals surface area contributed by atoms with Crippen molar-refractivity contribution in [3.05, 3.63) is 71.5 Å². The number of benzene rings is 2. The van der Waals surface area contributed by atoms with Gasteiger partial charge in [-0.3, -0.25) is 4.90 Å². The summed E-state index contributed by atoms with van der Waals surface area (Å²) in [6.07, 6.45) is 5.88. The van der Waals surface area contributed by atoms with Gasteiger partial charge in [-0.05, 0) is 54.4 Å². The van der Waals surface area contributed by atoms with E-state index < -0.39 is 0 Å². The van der Waals surface area contributed by atoms with E-state index in [-0.39, 0.29) is 6.04 Å². The summed E-state index contributed by atoms with van der Waals surface area (Å²) in [4.78, 5) is 2.52. The number of hydrogen-bond acceptors (Lipinski definition) is 5. The van der Waals surface area contributed by atoms with Crippen molar-refractivity contribution in [1.82, 2.24) is 25.1 Å². The van der Waals surface area contributed by atoms with Gasteiger partial charge >= 0.3 is 0 Å². The summed E-state index contributed by atoms with van der Waals surface area (Å²) < 4.78 is 7.68. The Balaban J connectivity index is 1.67. The third-order valence-electron chi connectivity index (χ3n) is 5.70. The average Bonchev–Trinajstić information content (AvgIpc) is 3.06. The van der Waals surface area contributed by atoms with Gasteiger partial charge in [-0.15, -0.1) is 5.10 Å². The van der Waals surface area contributed by atoms with Crippen molar-refractivity contribution in [2.24, 2.45) is 0 Å². The Morgan fingerprint density at radius 3 is 2.41 bits per heavy atom. The van der Waals surface area contributed by atoms with Crippen molar-refractivity contribution in [3.63, 3.8) is 0 Å². The lowest BCUT2D eigenvalue weighted by atomic mass is 10.0. The minimum absolute atomic E-state index is 0.00461. The number of tetrazole rings is 1. The van der Waals surface area contributed by atoms with Crippen LogP contribution >= 0.6 is 0 Å². The van der Waals surface area contributed by atoms with Crippen LogP contribution in [-0.2, 0) is 13.0 Å². The molecule has 152 valence electrons. The summed E-state index contributed by atoms with van der Waals surface area (Å²) in [5.74, 6) is 1.78. The van der Waals surface area contributed by atoms with Gasteiger partial charge in [0.05, 0.1) is 7.11 Å². The lowest BCUT2D eigenvalue weighted by molar-refractivity contribution is 0.216. The predicted molar refractivity (Wildman–Crippen MR) is 113 cm³/mol. The summed E-state index contributed by atoms with van der Waals surface area (Å²) in [6, 6.07) is 18.7. The lowest BCUT2D eigenvalue weighted by Crippen LogP contribution is -2.33. The Morgan fingerprint density at radius 1 is 0.931 bits per heavy atom. The number of ether oxygens (including phenoxy) is 1. The first-order chi connectivity index (χ1) is 14.4. The van der Waals surface area contributed by atoms with Crippen molar-refractivity contribution in [2.75, 3.05) is 20.2 Å². The molecule has 1 atom stereocenters. The molecule has 0 N–H and O–H groups in total. The first-order valence-corrected chi connectivity index (χ1v) is 10.5. The van der Waals surface area contributed by atoms with Crippen LogP contribution in [-0.4, -0.2) is 45.3 Å². The molecule has 6 heteroatoms. The van der Waals surface area contributed by atoms with E-state index in [2.05, 4.69) is 56.8 Å². The summed E-state index contributed by atoms with van der Waals surface area (Å²) >= 11 is 0. The Hall–Kier alpha value is -2.73. The Labute approximate surface area is 172 Å². The van der Waals surface area contributed by atoms with E-state index in [1.807, 2.05) is 22.9 Å². The third-order valence-corrected chi connectivity index (χ3v) is 5.70.